The predicted molar refractivity (Wildman–Crippen MR) is 135 cm³/mol. The van der Waals surface area contributed by atoms with Gasteiger partial charge in [0.2, 0.25) is 5.91 Å². The van der Waals surface area contributed by atoms with Crippen molar-refractivity contribution >= 4 is 16.7 Å². The fraction of sp³-hybridized carbons (Fsp3) is 0.233. The third-order valence-corrected chi connectivity index (χ3v) is 7.16. The van der Waals surface area contributed by atoms with E-state index in [0.29, 0.717) is 5.56 Å². The Bertz CT molecular complexity index is 1480. The standard InChI is InChI=1S/C30H27NO4/c1-16-13-17(2)26-24(14-16)35-30-29(26)28-23(34-30)12-10-20-9-11-22(32)21(27(20)28)15-25(33)31-18(3)19-7-5-4-6-8-19/h4-14,18,29-30,32H,15H2,1-3H3,(H,31,33)/t18?,29-,30-/m0/s1. The van der Waals surface area contributed by atoms with Gasteiger partial charge in [-0.05, 0) is 66.4 Å². The summed E-state index contributed by atoms with van der Waals surface area (Å²) in [6.07, 6.45) is -0.386. The van der Waals surface area contributed by atoms with Gasteiger partial charge < -0.3 is 19.9 Å². The zero-order valence-corrected chi connectivity index (χ0v) is 20.0. The quantitative estimate of drug-likeness (QED) is 0.398. The number of hydrogen-bond acceptors (Lipinski definition) is 4. The van der Waals surface area contributed by atoms with Crippen LogP contribution in [0.5, 0.6) is 17.2 Å². The van der Waals surface area contributed by atoms with Crippen molar-refractivity contribution in [2.45, 2.75) is 45.4 Å². The van der Waals surface area contributed by atoms with Gasteiger partial charge in [0.1, 0.15) is 17.2 Å². The van der Waals surface area contributed by atoms with Crippen molar-refractivity contribution in [3.8, 4) is 17.2 Å². The maximum absolute atomic E-state index is 13.1. The van der Waals surface area contributed by atoms with Crippen molar-refractivity contribution in [3.63, 3.8) is 0 Å². The molecule has 6 rings (SSSR count). The van der Waals surface area contributed by atoms with Gasteiger partial charge in [0.25, 0.3) is 6.29 Å². The number of hydrogen-bond donors (Lipinski definition) is 2. The molecule has 3 atom stereocenters. The van der Waals surface area contributed by atoms with Gasteiger partial charge in [0, 0.05) is 16.7 Å². The van der Waals surface area contributed by atoms with Crippen LogP contribution in [0.2, 0.25) is 0 Å². The Kier molecular flexibility index (Phi) is 4.95. The second-order valence-electron chi connectivity index (χ2n) is 9.59. The molecule has 0 saturated heterocycles. The fourth-order valence-corrected chi connectivity index (χ4v) is 5.62. The van der Waals surface area contributed by atoms with Gasteiger partial charge in [-0.1, -0.05) is 48.5 Å². The minimum Gasteiger partial charge on any atom is -0.508 e. The average Bonchev–Trinajstić information content (AvgIpc) is 3.36. The van der Waals surface area contributed by atoms with Gasteiger partial charge in [-0.25, -0.2) is 0 Å². The summed E-state index contributed by atoms with van der Waals surface area (Å²) in [5.74, 6) is 1.43. The first-order valence-corrected chi connectivity index (χ1v) is 12.0. The molecule has 0 fully saturated rings. The minimum atomic E-state index is -0.451. The fourth-order valence-electron chi connectivity index (χ4n) is 5.62. The summed E-state index contributed by atoms with van der Waals surface area (Å²) in [6, 6.07) is 21.4. The lowest BCUT2D eigenvalue weighted by molar-refractivity contribution is -0.121. The molecule has 4 aromatic rings. The Morgan fingerprint density at radius 2 is 1.71 bits per heavy atom. The number of amides is 1. The number of carbonyl (C=O) groups is 1. The van der Waals surface area contributed by atoms with Gasteiger partial charge in [-0.15, -0.1) is 0 Å². The van der Waals surface area contributed by atoms with Crippen molar-refractivity contribution in [2.75, 3.05) is 0 Å². The topological polar surface area (TPSA) is 67.8 Å². The first kappa shape index (κ1) is 21.5. The van der Waals surface area contributed by atoms with Crippen LogP contribution < -0.4 is 14.8 Å². The zero-order chi connectivity index (χ0) is 24.3. The summed E-state index contributed by atoms with van der Waals surface area (Å²) in [5.41, 5.74) is 6.03. The highest BCUT2D eigenvalue weighted by molar-refractivity contribution is 5.97. The molecule has 4 aromatic carbocycles. The molecule has 176 valence electrons. The van der Waals surface area contributed by atoms with Gasteiger partial charge >= 0.3 is 0 Å². The number of aryl methyl sites for hydroxylation is 2. The van der Waals surface area contributed by atoms with Gasteiger partial charge in [0.15, 0.2) is 0 Å². The molecule has 0 saturated carbocycles. The Hall–Kier alpha value is -3.99. The minimum absolute atomic E-state index is 0.0643. The molecule has 35 heavy (non-hydrogen) atoms. The van der Waals surface area contributed by atoms with Crippen LogP contribution in [0, 0.1) is 13.8 Å². The number of nitrogens with one attached hydrogen (secondary N) is 1. The van der Waals surface area contributed by atoms with E-state index in [1.165, 1.54) is 0 Å². The Morgan fingerprint density at radius 3 is 2.51 bits per heavy atom. The van der Waals surface area contributed by atoms with E-state index in [0.717, 1.165) is 50.1 Å². The lowest BCUT2D eigenvalue weighted by Gasteiger charge is -2.18. The Labute approximate surface area is 204 Å². The number of rotatable bonds is 4. The molecule has 5 heteroatoms. The van der Waals surface area contributed by atoms with E-state index in [1.54, 1.807) is 6.07 Å². The Morgan fingerprint density at radius 1 is 0.971 bits per heavy atom. The lowest BCUT2D eigenvalue weighted by Crippen LogP contribution is -2.28. The van der Waals surface area contributed by atoms with E-state index in [2.05, 4.69) is 25.2 Å². The number of phenolic OH excluding ortho intramolecular Hbond substituents is 1. The molecule has 1 amide bonds. The number of ether oxygens (including phenoxy) is 2. The molecule has 2 N–H and O–H groups in total. The Balaban J connectivity index is 1.43. The van der Waals surface area contributed by atoms with E-state index >= 15 is 0 Å². The molecule has 2 aliphatic heterocycles. The molecule has 0 bridgehead atoms. The molecule has 2 aliphatic rings. The van der Waals surface area contributed by atoms with Gasteiger partial charge in [0.05, 0.1) is 18.4 Å². The third-order valence-electron chi connectivity index (χ3n) is 7.16. The van der Waals surface area contributed by atoms with Crippen LogP contribution in [-0.2, 0) is 11.2 Å². The van der Waals surface area contributed by atoms with Crippen LogP contribution >= 0.6 is 0 Å². The zero-order valence-electron chi connectivity index (χ0n) is 20.0. The average molecular weight is 466 g/mol. The largest absolute Gasteiger partial charge is 0.508 e. The monoisotopic (exact) mass is 465 g/mol. The first-order chi connectivity index (χ1) is 16.9. The number of aromatic hydroxyl groups is 1. The van der Waals surface area contributed by atoms with Crippen molar-refractivity contribution < 1.29 is 19.4 Å². The smallest absolute Gasteiger partial charge is 0.252 e. The van der Waals surface area contributed by atoms with Gasteiger partial charge in [-0.2, -0.15) is 0 Å². The number of phenols is 1. The molecule has 5 nitrogen and oxygen atoms in total. The molecule has 2 heterocycles. The summed E-state index contributed by atoms with van der Waals surface area (Å²) >= 11 is 0. The first-order valence-electron chi connectivity index (χ1n) is 12.0. The van der Waals surface area contributed by atoms with Crippen LogP contribution in [-0.4, -0.2) is 17.3 Å². The second-order valence-corrected chi connectivity index (χ2v) is 9.59. The summed E-state index contributed by atoms with van der Waals surface area (Å²) in [5, 5.41) is 15.8. The maximum Gasteiger partial charge on any atom is 0.252 e. The lowest BCUT2D eigenvalue weighted by atomic mass is 9.84. The van der Waals surface area contributed by atoms with Crippen molar-refractivity contribution in [1.82, 2.24) is 5.32 Å². The third kappa shape index (κ3) is 3.50. The molecule has 1 unspecified atom stereocenters. The summed E-state index contributed by atoms with van der Waals surface area (Å²) < 4.78 is 12.4. The summed E-state index contributed by atoms with van der Waals surface area (Å²) in [4.78, 5) is 13.1. The highest BCUT2D eigenvalue weighted by Gasteiger charge is 2.46. The SMILES string of the molecule is Cc1cc(C)c2c(c1)O[C@@H]1Oc3ccc4ccc(O)c(CC(=O)NC(C)c5ccccc5)c4c3[C@H]21. The van der Waals surface area contributed by atoms with Crippen molar-refractivity contribution in [1.29, 1.82) is 0 Å². The molecular formula is C30H27NO4. The van der Waals surface area contributed by atoms with Gasteiger partial charge in [-0.3, -0.25) is 4.79 Å². The molecular weight excluding hydrogens is 438 g/mol. The number of benzene rings is 4. The number of carbonyl (C=O) groups excluding carboxylic acids is 1. The van der Waals surface area contributed by atoms with Crippen LogP contribution in [0.4, 0.5) is 0 Å². The van der Waals surface area contributed by atoms with E-state index in [4.69, 9.17) is 9.47 Å². The van der Waals surface area contributed by atoms with E-state index in [9.17, 15) is 9.90 Å². The van der Waals surface area contributed by atoms with Crippen LogP contribution in [0.25, 0.3) is 10.8 Å². The summed E-state index contributed by atoms with van der Waals surface area (Å²) in [6.45, 7) is 6.11. The van der Waals surface area contributed by atoms with E-state index < -0.39 is 6.29 Å². The summed E-state index contributed by atoms with van der Waals surface area (Å²) in [7, 11) is 0. The number of fused-ring (bicyclic) bond motifs is 7. The van der Waals surface area contributed by atoms with Crippen LogP contribution in [0.1, 0.15) is 52.3 Å². The normalized spacial score (nSPS) is 18.3. The molecule has 0 aromatic heterocycles. The van der Waals surface area contributed by atoms with Crippen molar-refractivity contribution in [3.05, 3.63) is 100 Å². The van der Waals surface area contributed by atoms with Crippen molar-refractivity contribution in [2.24, 2.45) is 0 Å². The predicted octanol–water partition coefficient (Wildman–Crippen LogP) is 5.82. The molecule has 0 spiro atoms. The second kappa shape index (κ2) is 8.05. The maximum atomic E-state index is 13.1. The van der Waals surface area contributed by atoms with E-state index in [-0.39, 0.29) is 30.0 Å². The molecule has 0 aliphatic carbocycles. The van der Waals surface area contributed by atoms with Crippen LogP contribution in [0.15, 0.2) is 66.7 Å². The molecule has 0 radical (unpaired) electrons. The highest BCUT2D eigenvalue weighted by atomic mass is 16.7. The highest BCUT2D eigenvalue weighted by Crippen LogP contribution is 2.54. The van der Waals surface area contributed by atoms with E-state index in [1.807, 2.05) is 61.5 Å². The van der Waals surface area contributed by atoms with Crippen LogP contribution in [0.3, 0.4) is 0 Å².